The van der Waals surface area contributed by atoms with Gasteiger partial charge in [0.25, 0.3) is 0 Å². The molecule has 0 fully saturated rings. The first kappa shape index (κ1) is 24.0. The highest BCUT2D eigenvalue weighted by atomic mass is 15.1. The second-order valence-electron chi connectivity index (χ2n) is 9.52. The van der Waals surface area contributed by atoms with Gasteiger partial charge < -0.3 is 9.80 Å². The summed E-state index contributed by atoms with van der Waals surface area (Å²) in [5.74, 6) is 0. The van der Waals surface area contributed by atoms with Crippen molar-refractivity contribution in [3.05, 3.63) is 151 Å². The van der Waals surface area contributed by atoms with Gasteiger partial charge in [-0.1, -0.05) is 78.9 Å². The Hall–Kier alpha value is -5.33. The zero-order valence-electron chi connectivity index (χ0n) is 21.7. The lowest BCUT2D eigenvalue weighted by Gasteiger charge is -2.26. The van der Waals surface area contributed by atoms with Crippen LogP contribution < -0.4 is 9.80 Å². The van der Waals surface area contributed by atoms with Gasteiger partial charge in [0.15, 0.2) is 0 Å². The van der Waals surface area contributed by atoms with Crippen LogP contribution in [0.1, 0.15) is 5.56 Å². The molecule has 0 atom stereocenters. The summed E-state index contributed by atoms with van der Waals surface area (Å²) in [6, 6.07) is 52.7. The Morgan fingerprint density at radius 2 is 1.03 bits per heavy atom. The monoisotopic (exact) mass is 501 g/mol. The molecular weight excluding hydrogens is 474 g/mol. The van der Waals surface area contributed by atoms with Crippen LogP contribution in [0, 0.1) is 11.3 Å². The Bertz CT molecular complexity index is 1770. The van der Waals surface area contributed by atoms with Crippen molar-refractivity contribution in [2.45, 2.75) is 0 Å². The molecule has 3 nitrogen and oxygen atoms in total. The molecule has 6 aromatic rings. The SMILES string of the molecule is CN(c1ccc(-c2ccc(N(c3ccccc3)c3ccc4ccccc4c3)cc2)cc1)c1cccc(C#N)c1. The highest BCUT2D eigenvalue weighted by molar-refractivity contribution is 5.89. The molecule has 39 heavy (non-hydrogen) atoms. The third-order valence-electron chi connectivity index (χ3n) is 7.08. The number of fused-ring (bicyclic) bond motifs is 1. The minimum absolute atomic E-state index is 0.657. The first-order valence-electron chi connectivity index (χ1n) is 13.0. The lowest BCUT2D eigenvalue weighted by atomic mass is 10.0. The highest BCUT2D eigenvalue weighted by Crippen LogP contribution is 2.37. The summed E-state index contributed by atoms with van der Waals surface area (Å²) in [6.07, 6.45) is 0. The van der Waals surface area contributed by atoms with E-state index < -0.39 is 0 Å². The number of hydrogen-bond donors (Lipinski definition) is 0. The molecule has 3 heteroatoms. The fourth-order valence-corrected chi connectivity index (χ4v) is 4.95. The van der Waals surface area contributed by atoms with E-state index in [1.807, 2.05) is 37.4 Å². The summed E-state index contributed by atoms with van der Waals surface area (Å²) >= 11 is 0. The van der Waals surface area contributed by atoms with Gasteiger partial charge in [-0.3, -0.25) is 0 Å². The third-order valence-corrected chi connectivity index (χ3v) is 7.08. The minimum Gasteiger partial charge on any atom is -0.345 e. The first-order chi connectivity index (χ1) is 19.2. The molecule has 6 aromatic carbocycles. The quantitative estimate of drug-likeness (QED) is 0.228. The smallest absolute Gasteiger partial charge is 0.0992 e. The van der Waals surface area contributed by atoms with Crippen molar-refractivity contribution in [3.63, 3.8) is 0 Å². The fourth-order valence-electron chi connectivity index (χ4n) is 4.95. The Balaban J connectivity index is 1.30. The third kappa shape index (κ3) is 4.97. The van der Waals surface area contributed by atoms with E-state index in [0.29, 0.717) is 5.56 Å². The number of nitriles is 1. The number of hydrogen-bond acceptors (Lipinski definition) is 3. The van der Waals surface area contributed by atoms with Crippen molar-refractivity contribution in [1.82, 2.24) is 0 Å². The molecule has 0 N–H and O–H groups in total. The van der Waals surface area contributed by atoms with Crippen LogP contribution in [0.3, 0.4) is 0 Å². The number of rotatable bonds is 6. The van der Waals surface area contributed by atoms with E-state index in [0.717, 1.165) is 39.6 Å². The Morgan fingerprint density at radius 1 is 0.462 bits per heavy atom. The Kier molecular flexibility index (Phi) is 6.52. The van der Waals surface area contributed by atoms with Crippen molar-refractivity contribution in [3.8, 4) is 17.2 Å². The topological polar surface area (TPSA) is 30.3 Å². The lowest BCUT2D eigenvalue weighted by Crippen LogP contribution is -2.09. The lowest BCUT2D eigenvalue weighted by molar-refractivity contribution is 1.21. The average Bonchev–Trinajstić information content (AvgIpc) is 3.02. The number of anilines is 5. The summed E-state index contributed by atoms with van der Waals surface area (Å²) in [5.41, 5.74) is 8.37. The molecule has 0 saturated heterocycles. The zero-order chi connectivity index (χ0) is 26.6. The van der Waals surface area contributed by atoms with Gasteiger partial charge in [0.05, 0.1) is 11.6 Å². The maximum Gasteiger partial charge on any atom is 0.0992 e. The van der Waals surface area contributed by atoms with Gasteiger partial charge in [-0.05, 0) is 88.6 Å². The van der Waals surface area contributed by atoms with Crippen molar-refractivity contribution in [2.24, 2.45) is 0 Å². The van der Waals surface area contributed by atoms with Crippen molar-refractivity contribution < 1.29 is 0 Å². The van der Waals surface area contributed by atoms with E-state index in [4.69, 9.17) is 0 Å². The normalized spacial score (nSPS) is 10.7. The van der Waals surface area contributed by atoms with Gasteiger partial charge in [0.2, 0.25) is 0 Å². The molecule has 6 rings (SSSR count). The predicted octanol–water partition coefficient (Wildman–Crippen LogP) is 9.62. The van der Waals surface area contributed by atoms with E-state index in [9.17, 15) is 5.26 Å². The van der Waals surface area contributed by atoms with Crippen LogP contribution in [0.15, 0.2) is 146 Å². The van der Waals surface area contributed by atoms with Crippen LogP contribution in [-0.2, 0) is 0 Å². The standard InChI is InChI=1S/C36H27N3/c1-38(35-13-7-8-27(24-35)26-37)32-19-14-29(15-20-32)30-16-21-34(22-17-30)39(33-11-3-2-4-12-33)36-23-18-28-9-5-6-10-31(28)25-36/h2-25H,1H3. The van der Waals surface area contributed by atoms with E-state index in [1.165, 1.54) is 10.8 Å². The molecule has 0 aliphatic heterocycles. The summed E-state index contributed by atoms with van der Waals surface area (Å²) < 4.78 is 0. The van der Waals surface area contributed by atoms with E-state index in [-0.39, 0.29) is 0 Å². The fraction of sp³-hybridized carbons (Fsp3) is 0.0278. The summed E-state index contributed by atoms with van der Waals surface area (Å²) in [7, 11) is 2.02. The molecule has 0 heterocycles. The van der Waals surface area contributed by atoms with Crippen molar-refractivity contribution in [1.29, 1.82) is 5.26 Å². The van der Waals surface area contributed by atoms with Crippen LogP contribution in [0.2, 0.25) is 0 Å². The number of para-hydroxylation sites is 1. The molecule has 0 saturated carbocycles. The Morgan fingerprint density at radius 3 is 1.72 bits per heavy atom. The first-order valence-corrected chi connectivity index (χ1v) is 13.0. The van der Waals surface area contributed by atoms with E-state index in [1.54, 1.807) is 0 Å². The minimum atomic E-state index is 0.657. The molecule has 0 unspecified atom stereocenters. The predicted molar refractivity (Wildman–Crippen MR) is 163 cm³/mol. The number of benzene rings is 6. The zero-order valence-corrected chi connectivity index (χ0v) is 21.7. The maximum atomic E-state index is 9.23. The highest BCUT2D eigenvalue weighted by Gasteiger charge is 2.13. The van der Waals surface area contributed by atoms with Gasteiger partial charge in [-0.25, -0.2) is 0 Å². The molecule has 0 aromatic heterocycles. The number of nitrogens with zero attached hydrogens (tertiary/aromatic N) is 3. The second-order valence-corrected chi connectivity index (χ2v) is 9.52. The van der Waals surface area contributed by atoms with Gasteiger partial charge in [-0.2, -0.15) is 5.26 Å². The van der Waals surface area contributed by atoms with Gasteiger partial charge in [0.1, 0.15) is 0 Å². The summed E-state index contributed by atoms with van der Waals surface area (Å²) in [4.78, 5) is 4.39. The average molecular weight is 502 g/mol. The van der Waals surface area contributed by atoms with Crippen LogP contribution in [0.5, 0.6) is 0 Å². The maximum absolute atomic E-state index is 9.23. The molecule has 186 valence electrons. The van der Waals surface area contributed by atoms with Crippen LogP contribution in [0.25, 0.3) is 21.9 Å². The van der Waals surface area contributed by atoms with Gasteiger partial charge >= 0.3 is 0 Å². The molecule has 0 aliphatic carbocycles. The molecule has 0 spiro atoms. The second kappa shape index (κ2) is 10.6. The van der Waals surface area contributed by atoms with Gasteiger partial charge in [0, 0.05) is 35.5 Å². The molecule has 0 radical (unpaired) electrons. The molecule has 0 bridgehead atoms. The Labute approximate surface area is 229 Å². The van der Waals surface area contributed by atoms with Crippen LogP contribution in [0.4, 0.5) is 28.4 Å². The van der Waals surface area contributed by atoms with Crippen LogP contribution in [-0.4, -0.2) is 7.05 Å². The molecular formula is C36H27N3. The van der Waals surface area contributed by atoms with E-state index >= 15 is 0 Å². The molecule has 0 amide bonds. The summed E-state index contributed by atoms with van der Waals surface area (Å²) in [5, 5.41) is 11.7. The molecule has 0 aliphatic rings. The largest absolute Gasteiger partial charge is 0.345 e. The van der Waals surface area contributed by atoms with Gasteiger partial charge in [-0.15, -0.1) is 0 Å². The van der Waals surface area contributed by atoms with E-state index in [2.05, 4.69) is 131 Å². The van der Waals surface area contributed by atoms with Crippen molar-refractivity contribution >= 4 is 39.2 Å². The summed E-state index contributed by atoms with van der Waals surface area (Å²) in [6.45, 7) is 0. The van der Waals surface area contributed by atoms with Crippen molar-refractivity contribution in [2.75, 3.05) is 16.8 Å². The van der Waals surface area contributed by atoms with Crippen LogP contribution >= 0.6 is 0 Å².